The van der Waals surface area contributed by atoms with Gasteiger partial charge in [-0.2, -0.15) is 4.39 Å². The molecule has 5 heterocycles. The van der Waals surface area contributed by atoms with Crippen molar-refractivity contribution in [3.8, 4) is 17.3 Å². The summed E-state index contributed by atoms with van der Waals surface area (Å²) in [5, 5.41) is 14.3. The van der Waals surface area contributed by atoms with E-state index in [0.29, 0.717) is 42.1 Å². The van der Waals surface area contributed by atoms with Crippen LogP contribution < -0.4 is 15.0 Å². The number of hydrogen-bond donors (Lipinski definition) is 1. The van der Waals surface area contributed by atoms with Gasteiger partial charge in [-0.3, -0.25) is 14.3 Å². The second kappa shape index (κ2) is 10.1. The largest absolute Gasteiger partial charge is 0.485 e. The third-order valence-electron chi connectivity index (χ3n) is 5.86. The van der Waals surface area contributed by atoms with Crippen LogP contribution in [0, 0.1) is 17.5 Å². The van der Waals surface area contributed by atoms with Crippen LogP contribution in [-0.4, -0.2) is 24.7 Å². The molecule has 5 rings (SSSR count). The Kier molecular flexibility index (Phi) is 6.30. The number of aryl methyl sites for hydroxylation is 2. The van der Waals surface area contributed by atoms with E-state index in [-0.39, 0.29) is 23.6 Å². The fourth-order valence-corrected chi connectivity index (χ4v) is 4.98. The standard InChI is InChI=1S/C25H22ClF3N5O3S/c1-25(2,36)24-32-33(12-38-24)22-20(29)21-13(9-31-22)5-3-4-6-15-8-18(19(26)23(35)34(15)21)37-11-17-16(28)7-14(27)10-30-17/h7-10,12,36H,3-6,11H2,1-2H3/q+1/i11D2. The van der Waals surface area contributed by atoms with Gasteiger partial charge in [0, 0.05) is 23.4 Å². The Morgan fingerprint density at radius 2 is 2.00 bits per heavy atom. The van der Waals surface area contributed by atoms with E-state index in [1.165, 1.54) is 22.5 Å². The van der Waals surface area contributed by atoms with Gasteiger partial charge in [-0.1, -0.05) is 32.7 Å². The van der Waals surface area contributed by atoms with Crippen molar-refractivity contribution in [2.24, 2.45) is 0 Å². The molecule has 0 aromatic carbocycles. The van der Waals surface area contributed by atoms with Gasteiger partial charge in [-0.15, -0.1) is 0 Å². The molecule has 8 nitrogen and oxygen atoms in total. The van der Waals surface area contributed by atoms with Crippen LogP contribution in [0.15, 0.2) is 34.8 Å². The van der Waals surface area contributed by atoms with Gasteiger partial charge in [-0.05, 0) is 44.5 Å². The lowest BCUT2D eigenvalue weighted by molar-refractivity contribution is -0.660. The van der Waals surface area contributed by atoms with E-state index >= 15 is 4.39 Å². The summed E-state index contributed by atoms with van der Waals surface area (Å²) in [5.74, 6) is -3.75. The van der Waals surface area contributed by atoms with Gasteiger partial charge in [0.25, 0.3) is 5.56 Å². The topological polar surface area (TPSA) is 94.0 Å². The minimum atomic E-state index is -2.92. The zero-order valence-electron chi connectivity index (χ0n) is 22.1. The maximum atomic E-state index is 16.2. The van der Waals surface area contributed by atoms with E-state index < -0.39 is 51.6 Å². The Bertz CT molecular complexity index is 1690. The van der Waals surface area contributed by atoms with Crippen LogP contribution in [0.5, 0.6) is 5.75 Å². The van der Waals surface area contributed by atoms with Gasteiger partial charge in [0.15, 0.2) is 16.3 Å². The summed E-state index contributed by atoms with van der Waals surface area (Å²) in [5.41, 5.74) is -0.886. The molecule has 0 saturated heterocycles. The van der Waals surface area contributed by atoms with Crippen molar-refractivity contribution in [3.63, 3.8) is 0 Å². The van der Waals surface area contributed by atoms with Crippen molar-refractivity contribution in [1.29, 1.82) is 0 Å². The molecule has 13 heteroatoms. The molecule has 4 aromatic heterocycles. The highest BCUT2D eigenvalue weighted by atomic mass is 35.5. The molecule has 1 aliphatic heterocycles. The molecule has 0 atom stereocenters. The summed E-state index contributed by atoms with van der Waals surface area (Å²) in [4.78, 5) is 21.3. The van der Waals surface area contributed by atoms with Crippen LogP contribution in [-0.2, 0) is 25.0 Å². The number of aliphatic hydroxyl groups is 1. The van der Waals surface area contributed by atoms with Crippen molar-refractivity contribution in [1.82, 2.24) is 19.6 Å². The SMILES string of the molecule is [2H]C([2H])(Oc1cc2n(c(=O)c1Cl)-c1c(cnc(-[n+]3csc(C(C)(C)O)n3)c1F)CCCC2)c1ncc(F)cc1F. The zero-order valence-corrected chi connectivity index (χ0v) is 21.7. The minimum absolute atomic E-state index is 0.0854. The number of ether oxygens (including phenoxy) is 1. The first-order valence-corrected chi connectivity index (χ1v) is 12.8. The minimum Gasteiger partial charge on any atom is -0.485 e. The molecule has 0 aliphatic carbocycles. The predicted octanol–water partition coefficient (Wildman–Crippen LogP) is 4.12. The average molecular weight is 567 g/mol. The van der Waals surface area contributed by atoms with E-state index in [4.69, 9.17) is 19.1 Å². The van der Waals surface area contributed by atoms with Crippen molar-refractivity contribution < 1.29 is 30.4 Å². The van der Waals surface area contributed by atoms with Gasteiger partial charge in [0.1, 0.15) is 46.3 Å². The second-order valence-corrected chi connectivity index (χ2v) is 10.4. The quantitative estimate of drug-likeness (QED) is 0.365. The van der Waals surface area contributed by atoms with E-state index in [2.05, 4.69) is 15.1 Å². The number of hydrogen-bond acceptors (Lipinski definition) is 7. The normalized spacial score (nSPS) is 14.6. The highest BCUT2D eigenvalue weighted by molar-refractivity contribution is 7.09. The van der Waals surface area contributed by atoms with E-state index in [9.17, 15) is 18.7 Å². The molecule has 198 valence electrons. The van der Waals surface area contributed by atoms with Gasteiger partial charge in [0.05, 0.1) is 8.94 Å². The zero-order chi connectivity index (χ0) is 29.0. The summed E-state index contributed by atoms with van der Waals surface area (Å²) < 4.78 is 67.7. The third-order valence-corrected chi connectivity index (χ3v) is 7.32. The lowest BCUT2D eigenvalue weighted by atomic mass is 10.0. The lowest BCUT2D eigenvalue weighted by Crippen LogP contribution is -2.37. The van der Waals surface area contributed by atoms with Gasteiger partial charge in [0.2, 0.25) is 5.82 Å². The van der Waals surface area contributed by atoms with Crippen LogP contribution in [0.25, 0.3) is 11.5 Å². The lowest BCUT2D eigenvalue weighted by Gasteiger charge is -2.21. The molecule has 1 aliphatic rings. The monoisotopic (exact) mass is 566 g/mol. The number of nitrogens with zero attached hydrogens (tertiary/aromatic N) is 5. The maximum absolute atomic E-state index is 16.2. The fourth-order valence-electron chi connectivity index (χ4n) is 4.03. The van der Waals surface area contributed by atoms with Gasteiger partial charge >= 0.3 is 5.82 Å². The third kappa shape index (κ3) is 4.91. The molecule has 0 amide bonds. The van der Waals surface area contributed by atoms with Crippen molar-refractivity contribution in [3.05, 3.63) is 84.8 Å². The highest BCUT2D eigenvalue weighted by Crippen LogP contribution is 2.31. The summed E-state index contributed by atoms with van der Waals surface area (Å²) >= 11 is 7.44. The van der Waals surface area contributed by atoms with Crippen LogP contribution in [0.2, 0.25) is 5.02 Å². The number of aromatic nitrogens is 5. The fraction of sp³-hybridized carbons (Fsp3) is 0.320. The molecule has 4 aromatic rings. The van der Waals surface area contributed by atoms with Crippen LogP contribution in [0.3, 0.4) is 0 Å². The van der Waals surface area contributed by atoms with Crippen LogP contribution in [0.4, 0.5) is 13.2 Å². The van der Waals surface area contributed by atoms with E-state index in [1.54, 1.807) is 13.8 Å². The van der Waals surface area contributed by atoms with Crippen LogP contribution in [0.1, 0.15) is 51.4 Å². The Morgan fingerprint density at radius 1 is 1.24 bits per heavy atom. The molecule has 0 saturated carbocycles. The Labute approximate surface area is 226 Å². The molecule has 1 N–H and O–H groups in total. The molecule has 0 bridgehead atoms. The summed E-state index contributed by atoms with van der Waals surface area (Å²) in [6.07, 6.45) is 4.03. The molecule has 0 unspecified atom stereocenters. The predicted molar refractivity (Wildman–Crippen MR) is 132 cm³/mol. The summed E-state index contributed by atoms with van der Waals surface area (Å²) in [6.45, 7) is 0.163. The molecule has 0 fully saturated rings. The first-order valence-electron chi connectivity index (χ1n) is 12.5. The first-order chi connectivity index (χ1) is 18.8. The first kappa shape index (κ1) is 23.7. The summed E-state index contributed by atoms with van der Waals surface area (Å²) in [7, 11) is 0. The molecule has 0 radical (unpaired) electrons. The number of pyridine rings is 3. The Balaban J connectivity index is 1.64. The van der Waals surface area contributed by atoms with Crippen LogP contribution >= 0.6 is 22.9 Å². The van der Waals surface area contributed by atoms with Crippen molar-refractivity contribution in [2.75, 3.05) is 0 Å². The summed E-state index contributed by atoms with van der Waals surface area (Å²) in [6, 6.07) is 1.75. The second-order valence-electron chi connectivity index (χ2n) is 9.15. The molecule has 38 heavy (non-hydrogen) atoms. The smallest absolute Gasteiger partial charge is 0.387 e. The molecular formula is C25H22ClF3N5O3S+. The molecule has 0 spiro atoms. The number of fused-ring (bicyclic) bond motifs is 3. The number of halogens is 4. The van der Waals surface area contributed by atoms with E-state index in [0.717, 1.165) is 15.9 Å². The Hall–Kier alpha value is -3.35. The highest BCUT2D eigenvalue weighted by Gasteiger charge is 2.31. The van der Waals surface area contributed by atoms with Crippen molar-refractivity contribution in [2.45, 2.75) is 51.7 Å². The maximum Gasteiger partial charge on any atom is 0.387 e. The average Bonchev–Trinajstić information content (AvgIpc) is 3.35. The van der Waals surface area contributed by atoms with Gasteiger partial charge < -0.3 is 9.84 Å². The molecular weight excluding hydrogens is 543 g/mol. The Morgan fingerprint density at radius 3 is 2.71 bits per heavy atom. The van der Waals surface area contributed by atoms with Crippen molar-refractivity contribution >= 4 is 22.9 Å². The number of rotatable bonds is 5. The van der Waals surface area contributed by atoms with Gasteiger partial charge in [-0.25, -0.2) is 8.78 Å². The van der Waals surface area contributed by atoms with E-state index in [1.807, 2.05) is 0 Å².